The lowest BCUT2D eigenvalue weighted by Crippen LogP contribution is -2.24. The molecule has 0 unspecified atom stereocenters. The Labute approximate surface area is 107 Å². The summed E-state index contributed by atoms with van der Waals surface area (Å²) in [5, 5.41) is 3.10. The Balaban J connectivity index is 1.84. The maximum atomic E-state index is 13.4. The van der Waals surface area contributed by atoms with E-state index in [0.29, 0.717) is 12.2 Å². The molecule has 0 fully saturated rings. The van der Waals surface area contributed by atoms with Crippen molar-refractivity contribution in [2.75, 3.05) is 30.4 Å². The van der Waals surface area contributed by atoms with Crippen molar-refractivity contribution >= 4 is 11.4 Å². The Morgan fingerprint density at radius 1 is 1.00 bits per heavy atom. The first kappa shape index (κ1) is 12.4. The van der Waals surface area contributed by atoms with Gasteiger partial charge in [0.05, 0.1) is 5.69 Å². The number of rotatable bonds is 5. The van der Waals surface area contributed by atoms with Crippen LogP contribution in [0.25, 0.3) is 0 Å². The van der Waals surface area contributed by atoms with Gasteiger partial charge in [-0.25, -0.2) is 4.39 Å². The number of anilines is 2. The van der Waals surface area contributed by atoms with E-state index in [0.717, 1.165) is 12.2 Å². The molecule has 0 saturated heterocycles. The Hall–Kier alpha value is -2.03. The second-order valence-electron chi connectivity index (χ2n) is 4.16. The van der Waals surface area contributed by atoms with Gasteiger partial charge in [-0.05, 0) is 24.3 Å². The Morgan fingerprint density at radius 3 is 2.39 bits per heavy atom. The van der Waals surface area contributed by atoms with Gasteiger partial charge in [0.2, 0.25) is 0 Å². The molecule has 0 aliphatic rings. The highest BCUT2D eigenvalue weighted by Gasteiger charge is 2.01. The minimum atomic E-state index is -0.208. The smallest absolute Gasteiger partial charge is 0.146 e. The molecule has 0 spiro atoms. The lowest BCUT2D eigenvalue weighted by Gasteiger charge is -2.19. The average molecular weight is 244 g/mol. The normalized spacial score (nSPS) is 10.1. The molecule has 0 amide bonds. The van der Waals surface area contributed by atoms with Crippen LogP contribution < -0.4 is 10.2 Å². The molecule has 0 aliphatic carbocycles. The number of benzene rings is 2. The van der Waals surface area contributed by atoms with Crippen LogP contribution >= 0.6 is 0 Å². The van der Waals surface area contributed by atoms with Crippen LogP contribution in [0.3, 0.4) is 0 Å². The number of hydrogen-bond acceptors (Lipinski definition) is 2. The second kappa shape index (κ2) is 6.05. The molecule has 94 valence electrons. The molecule has 2 nitrogen and oxygen atoms in total. The van der Waals surface area contributed by atoms with E-state index in [1.54, 1.807) is 12.1 Å². The Bertz CT molecular complexity index is 485. The van der Waals surface area contributed by atoms with E-state index in [2.05, 4.69) is 22.3 Å². The number of nitrogens with zero attached hydrogens (tertiary/aromatic N) is 1. The standard InChI is InChI=1S/C15H17FN2/c1-18(13-7-3-2-4-8-13)12-11-17-15-10-6-5-9-14(15)16/h2-10,17H,11-12H2,1H3. The van der Waals surface area contributed by atoms with Gasteiger partial charge in [-0.3, -0.25) is 0 Å². The minimum Gasteiger partial charge on any atom is -0.381 e. The minimum absolute atomic E-state index is 0.208. The van der Waals surface area contributed by atoms with E-state index in [1.165, 1.54) is 6.07 Å². The summed E-state index contributed by atoms with van der Waals surface area (Å²) < 4.78 is 13.4. The van der Waals surface area contributed by atoms with Crippen LogP contribution in [0.5, 0.6) is 0 Å². The third kappa shape index (κ3) is 3.23. The predicted molar refractivity (Wildman–Crippen MR) is 74.6 cm³/mol. The van der Waals surface area contributed by atoms with Crippen molar-refractivity contribution < 1.29 is 4.39 Å². The highest BCUT2D eigenvalue weighted by Crippen LogP contribution is 2.13. The lowest BCUT2D eigenvalue weighted by atomic mass is 10.3. The fraction of sp³-hybridized carbons (Fsp3) is 0.200. The highest BCUT2D eigenvalue weighted by molar-refractivity contribution is 5.47. The fourth-order valence-corrected chi connectivity index (χ4v) is 1.77. The average Bonchev–Trinajstić information content (AvgIpc) is 2.42. The Kier molecular flexibility index (Phi) is 4.18. The molecule has 0 aromatic heterocycles. The van der Waals surface area contributed by atoms with Gasteiger partial charge < -0.3 is 10.2 Å². The zero-order valence-electron chi connectivity index (χ0n) is 10.4. The number of likely N-dealkylation sites (N-methyl/N-ethyl adjacent to an activating group) is 1. The van der Waals surface area contributed by atoms with Gasteiger partial charge >= 0.3 is 0 Å². The van der Waals surface area contributed by atoms with Crippen molar-refractivity contribution in [1.82, 2.24) is 0 Å². The zero-order valence-corrected chi connectivity index (χ0v) is 10.4. The largest absolute Gasteiger partial charge is 0.381 e. The van der Waals surface area contributed by atoms with Crippen LogP contribution in [0.1, 0.15) is 0 Å². The maximum Gasteiger partial charge on any atom is 0.146 e. The van der Waals surface area contributed by atoms with E-state index >= 15 is 0 Å². The van der Waals surface area contributed by atoms with Crippen LogP contribution in [0, 0.1) is 5.82 Å². The van der Waals surface area contributed by atoms with E-state index in [1.807, 2.05) is 31.3 Å². The van der Waals surface area contributed by atoms with Crippen molar-refractivity contribution in [3.63, 3.8) is 0 Å². The quantitative estimate of drug-likeness (QED) is 0.867. The van der Waals surface area contributed by atoms with Gasteiger partial charge in [-0.2, -0.15) is 0 Å². The summed E-state index contributed by atoms with van der Waals surface area (Å²) in [6, 6.07) is 16.9. The molecular formula is C15H17FN2. The van der Waals surface area contributed by atoms with E-state index in [-0.39, 0.29) is 5.82 Å². The third-order valence-corrected chi connectivity index (χ3v) is 2.83. The van der Waals surface area contributed by atoms with Crippen LogP contribution in [0.2, 0.25) is 0 Å². The fourth-order valence-electron chi connectivity index (χ4n) is 1.77. The Morgan fingerprint density at radius 2 is 1.67 bits per heavy atom. The molecule has 1 N–H and O–H groups in total. The molecule has 0 heterocycles. The molecule has 2 aromatic rings. The molecule has 2 aromatic carbocycles. The van der Waals surface area contributed by atoms with Gasteiger partial charge in [0.1, 0.15) is 5.82 Å². The van der Waals surface area contributed by atoms with Crippen LogP contribution in [0.4, 0.5) is 15.8 Å². The van der Waals surface area contributed by atoms with Crippen molar-refractivity contribution in [3.8, 4) is 0 Å². The summed E-state index contributed by atoms with van der Waals surface area (Å²) in [5.41, 5.74) is 1.71. The molecule has 0 aliphatic heterocycles. The first-order valence-corrected chi connectivity index (χ1v) is 6.02. The van der Waals surface area contributed by atoms with Crippen LogP contribution in [-0.4, -0.2) is 20.1 Å². The van der Waals surface area contributed by atoms with Gasteiger partial charge in [0, 0.05) is 25.8 Å². The molecule has 0 atom stereocenters. The third-order valence-electron chi connectivity index (χ3n) is 2.83. The molecule has 0 saturated carbocycles. The lowest BCUT2D eigenvalue weighted by molar-refractivity contribution is 0.630. The second-order valence-corrected chi connectivity index (χ2v) is 4.16. The van der Waals surface area contributed by atoms with Gasteiger partial charge in [0.15, 0.2) is 0 Å². The first-order valence-electron chi connectivity index (χ1n) is 6.02. The SMILES string of the molecule is CN(CCNc1ccccc1F)c1ccccc1. The number of hydrogen-bond donors (Lipinski definition) is 1. The van der Waals surface area contributed by atoms with Crippen molar-refractivity contribution in [2.24, 2.45) is 0 Å². The zero-order chi connectivity index (χ0) is 12.8. The van der Waals surface area contributed by atoms with Crippen molar-refractivity contribution in [2.45, 2.75) is 0 Å². The predicted octanol–water partition coefficient (Wildman–Crippen LogP) is 3.37. The summed E-state index contributed by atoms with van der Waals surface area (Å²) >= 11 is 0. The number of nitrogens with one attached hydrogen (secondary N) is 1. The molecule has 3 heteroatoms. The van der Waals surface area contributed by atoms with E-state index in [9.17, 15) is 4.39 Å². The first-order chi connectivity index (χ1) is 8.77. The summed E-state index contributed by atoms with van der Waals surface area (Å²) in [6.07, 6.45) is 0. The van der Waals surface area contributed by atoms with Gasteiger partial charge in [-0.1, -0.05) is 30.3 Å². The molecule has 18 heavy (non-hydrogen) atoms. The molecule has 2 rings (SSSR count). The maximum absolute atomic E-state index is 13.4. The van der Waals surface area contributed by atoms with E-state index < -0.39 is 0 Å². The van der Waals surface area contributed by atoms with Crippen molar-refractivity contribution in [3.05, 3.63) is 60.4 Å². The van der Waals surface area contributed by atoms with Gasteiger partial charge in [-0.15, -0.1) is 0 Å². The van der Waals surface area contributed by atoms with Crippen LogP contribution in [0.15, 0.2) is 54.6 Å². The van der Waals surface area contributed by atoms with Crippen molar-refractivity contribution in [1.29, 1.82) is 0 Å². The molecule has 0 radical (unpaired) electrons. The van der Waals surface area contributed by atoms with Gasteiger partial charge in [0.25, 0.3) is 0 Å². The number of halogens is 1. The summed E-state index contributed by atoms with van der Waals surface area (Å²) in [7, 11) is 2.03. The van der Waals surface area contributed by atoms with Crippen LogP contribution in [-0.2, 0) is 0 Å². The molecular weight excluding hydrogens is 227 g/mol. The topological polar surface area (TPSA) is 15.3 Å². The van der Waals surface area contributed by atoms with E-state index in [4.69, 9.17) is 0 Å². The summed E-state index contributed by atoms with van der Waals surface area (Å²) in [4.78, 5) is 2.13. The monoisotopic (exact) mass is 244 g/mol. The summed E-state index contributed by atoms with van der Waals surface area (Å²) in [5.74, 6) is -0.208. The number of para-hydroxylation sites is 2. The highest BCUT2D eigenvalue weighted by atomic mass is 19.1. The molecule has 0 bridgehead atoms. The summed E-state index contributed by atoms with van der Waals surface area (Å²) in [6.45, 7) is 1.52.